The summed E-state index contributed by atoms with van der Waals surface area (Å²) < 4.78 is 5.42. The van der Waals surface area contributed by atoms with Crippen molar-refractivity contribution in [1.82, 2.24) is 15.2 Å². The predicted molar refractivity (Wildman–Crippen MR) is 89.2 cm³/mol. The molecule has 0 saturated carbocycles. The molecular weight excluding hydrogens is 290 g/mol. The molecular formula is C18H23N3O2. The van der Waals surface area contributed by atoms with Crippen molar-refractivity contribution in [3.63, 3.8) is 0 Å². The van der Waals surface area contributed by atoms with E-state index in [9.17, 15) is 4.79 Å². The van der Waals surface area contributed by atoms with Crippen LogP contribution in [0.2, 0.25) is 0 Å². The Hall–Kier alpha value is -2.14. The smallest absolute Gasteiger partial charge is 0.254 e. The number of aryl methyl sites for hydroxylation is 1. The molecule has 1 N–H and O–H groups in total. The summed E-state index contributed by atoms with van der Waals surface area (Å²) in [6.07, 6.45) is 3.13. The molecule has 1 aliphatic heterocycles. The molecule has 122 valence electrons. The van der Waals surface area contributed by atoms with Gasteiger partial charge in [-0.2, -0.15) is 0 Å². The Bertz CT molecular complexity index is 682. The number of aromatic nitrogens is 1. The molecule has 0 spiro atoms. The Labute approximate surface area is 136 Å². The van der Waals surface area contributed by atoms with Crippen LogP contribution in [-0.2, 0) is 0 Å². The number of carbonyl (C=O) groups is 1. The summed E-state index contributed by atoms with van der Waals surface area (Å²) in [6.45, 7) is 8.76. The number of nitrogens with one attached hydrogen (secondary N) is 1. The predicted octanol–water partition coefficient (Wildman–Crippen LogP) is 2.72. The first-order valence-corrected chi connectivity index (χ1v) is 8.10. The Morgan fingerprint density at radius 1 is 1.39 bits per heavy atom. The van der Waals surface area contributed by atoms with E-state index in [1.807, 2.05) is 30.0 Å². The lowest BCUT2D eigenvalue weighted by Gasteiger charge is -2.31. The van der Waals surface area contributed by atoms with Crippen LogP contribution >= 0.6 is 0 Å². The molecule has 2 aromatic rings. The van der Waals surface area contributed by atoms with Gasteiger partial charge in [-0.05, 0) is 38.4 Å². The zero-order chi connectivity index (χ0) is 16.4. The normalized spacial score (nSPS) is 22.0. The highest BCUT2D eigenvalue weighted by Crippen LogP contribution is 2.26. The molecule has 3 rings (SSSR count). The lowest BCUT2D eigenvalue weighted by molar-refractivity contribution is 0.0671. The minimum atomic E-state index is 0.0463. The number of benzene rings is 1. The van der Waals surface area contributed by atoms with E-state index in [-0.39, 0.29) is 11.9 Å². The molecule has 23 heavy (non-hydrogen) atoms. The fourth-order valence-electron chi connectivity index (χ4n) is 3.03. The van der Waals surface area contributed by atoms with Gasteiger partial charge in [-0.3, -0.25) is 4.79 Å². The highest BCUT2D eigenvalue weighted by atomic mass is 16.3. The van der Waals surface area contributed by atoms with Crippen LogP contribution in [0.1, 0.15) is 29.8 Å². The number of amides is 1. The zero-order valence-electron chi connectivity index (χ0n) is 13.9. The minimum absolute atomic E-state index is 0.0463. The van der Waals surface area contributed by atoms with E-state index in [4.69, 9.17) is 4.42 Å². The van der Waals surface area contributed by atoms with E-state index in [2.05, 4.69) is 24.1 Å². The van der Waals surface area contributed by atoms with Crippen molar-refractivity contribution < 1.29 is 9.21 Å². The summed E-state index contributed by atoms with van der Waals surface area (Å²) in [5, 5.41) is 3.39. The molecule has 0 bridgehead atoms. The molecule has 0 aliphatic carbocycles. The SMILES string of the molecule is Cc1ccc(-c2ncco2)c(C(=O)N2CCNCC(C)C2C)c1. The quantitative estimate of drug-likeness (QED) is 0.926. The van der Waals surface area contributed by atoms with Gasteiger partial charge in [-0.15, -0.1) is 0 Å². The van der Waals surface area contributed by atoms with Crippen molar-refractivity contribution in [3.8, 4) is 11.5 Å². The Morgan fingerprint density at radius 3 is 2.96 bits per heavy atom. The summed E-state index contributed by atoms with van der Waals surface area (Å²) in [6, 6.07) is 6.01. The van der Waals surface area contributed by atoms with Gasteiger partial charge >= 0.3 is 0 Å². The van der Waals surface area contributed by atoms with Gasteiger partial charge in [0.25, 0.3) is 5.91 Å². The minimum Gasteiger partial charge on any atom is -0.445 e. The Morgan fingerprint density at radius 2 is 2.22 bits per heavy atom. The molecule has 2 atom stereocenters. The number of nitrogens with zero attached hydrogens (tertiary/aromatic N) is 2. The molecule has 2 unspecified atom stereocenters. The van der Waals surface area contributed by atoms with Crippen molar-refractivity contribution in [1.29, 1.82) is 0 Å². The Balaban J connectivity index is 2.00. The van der Waals surface area contributed by atoms with Crippen LogP contribution in [0, 0.1) is 12.8 Å². The molecule has 1 aromatic carbocycles. The average molecular weight is 313 g/mol. The highest BCUT2D eigenvalue weighted by molar-refractivity contribution is 6.00. The standard InChI is InChI=1S/C18H23N3O2/c1-12-4-5-15(17-20-7-9-23-17)16(10-12)18(22)21-8-6-19-11-13(2)14(21)3/h4-5,7,9-10,13-14,19H,6,8,11H2,1-3H3. The van der Waals surface area contributed by atoms with Crippen molar-refractivity contribution in [2.45, 2.75) is 26.8 Å². The molecule has 5 heteroatoms. The van der Waals surface area contributed by atoms with E-state index >= 15 is 0 Å². The van der Waals surface area contributed by atoms with Gasteiger partial charge in [0.2, 0.25) is 5.89 Å². The second-order valence-electron chi connectivity index (χ2n) is 6.31. The van der Waals surface area contributed by atoms with Crippen molar-refractivity contribution in [3.05, 3.63) is 41.8 Å². The summed E-state index contributed by atoms with van der Waals surface area (Å²) in [5.41, 5.74) is 2.47. The lowest BCUT2D eigenvalue weighted by Crippen LogP contribution is -2.42. The maximum atomic E-state index is 13.2. The van der Waals surface area contributed by atoms with Crippen molar-refractivity contribution in [2.75, 3.05) is 19.6 Å². The summed E-state index contributed by atoms with van der Waals surface area (Å²) in [5.74, 6) is 0.948. The van der Waals surface area contributed by atoms with Crippen molar-refractivity contribution >= 4 is 5.91 Å². The second kappa shape index (κ2) is 6.54. The molecule has 1 aliphatic rings. The number of hydrogen-bond acceptors (Lipinski definition) is 4. The van der Waals surface area contributed by atoms with Gasteiger partial charge in [-0.1, -0.05) is 18.6 Å². The fraction of sp³-hybridized carbons (Fsp3) is 0.444. The van der Waals surface area contributed by atoms with Gasteiger partial charge in [0.05, 0.1) is 11.8 Å². The van der Waals surface area contributed by atoms with Crippen LogP contribution in [0.5, 0.6) is 0 Å². The monoisotopic (exact) mass is 313 g/mol. The summed E-state index contributed by atoms with van der Waals surface area (Å²) >= 11 is 0. The van der Waals surface area contributed by atoms with Gasteiger partial charge in [-0.25, -0.2) is 4.98 Å². The van der Waals surface area contributed by atoms with Crippen LogP contribution in [0.15, 0.2) is 35.1 Å². The van der Waals surface area contributed by atoms with Gasteiger partial charge < -0.3 is 14.6 Å². The van der Waals surface area contributed by atoms with E-state index in [0.29, 0.717) is 23.9 Å². The average Bonchev–Trinajstić information content (AvgIpc) is 3.02. The lowest BCUT2D eigenvalue weighted by atomic mass is 9.99. The van der Waals surface area contributed by atoms with Crippen LogP contribution in [0.4, 0.5) is 0 Å². The third kappa shape index (κ3) is 3.15. The second-order valence-corrected chi connectivity index (χ2v) is 6.31. The van der Waals surface area contributed by atoms with Gasteiger partial charge in [0, 0.05) is 24.7 Å². The van der Waals surface area contributed by atoms with Crippen LogP contribution < -0.4 is 5.32 Å². The number of hydrogen-bond donors (Lipinski definition) is 1. The van der Waals surface area contributed by atoms with Crippen LogP contribution in [0.3, 0.4) is 0 Å². The van der Waals surface area contributed by atoms with E-state index in [1.165, 1.54) is 6.26 Å². The fourth-order valence-corrected chi connectivity index (χ4v) is 3.03. The molecule has 1 fully saturated rings. The van der Waals surface area contributed by atoms with Gasteiger partial charge in [0.1, 0.15) is 6.26 Å². The maximum absolute atomic E-state index is 13.2. The number of oxazole rings is 1. The van der Waals surface area contributed by atoms with Crippen LogP contribution in [0.25, 0.3) is 11.5 Å². The first-order valence-electron chi connectivity index (χ1n) is 8.10. The third-order valence-corrected chi connectivity index (χ3v) is 4.64. The van der Waals surface area contributed by atoms with Crippen LogP contribution in [-0.4, -0.2) is 41.5 Å². The van der Waals surface area contributed by atoms with Crippen molar-refractivity contribution in [2.24, 2.45) is 5.92 Å². The van der Waals surface area contributed by atoms with Gasteiger partial charge in [0.15, 0.2) is 0 Å². The molecule has 0 radical (unpaired) electrons. The maximum Gasteiger partial charge on any atom is 0.254 e. The molecule has 2 heterocycles. The largest absolute Gasteiger partial charge is 0.445 e. The first kappa shape index (κ1) is 15.7. The third-order valence-electron chi connectivity index (χ3n) is 4.64. The zero-order valence-corrected chi connectivity index (χ0v) is 13.9. The molecule has 1 saturated heterocycles. The van der Waals surface area contributed by atoms with E-state index < -0.39 is 0 Å². The first-order chi connectivity index (χ1) is 11.1. The molecule has 5 nitrogen and oxygen atoms in total. The molecule has 1 aromatic heterocycles. The summed E-state index contributed by atoms with van der Waals surface area (Å²) in [4.78, 5) is 19.4. The summed E-state index contributed by atoms with van der Waals surface area (Å²) in [7, 11) is 0. The number of rotatable bonds is 2. The van der Waals surface area contributed by atoms with E-state index in [0.717, 1.165) is 24.2 Å². The van der Waals surface area contributed by atoms with E-state index in [1.54, 1.807) is 6.20 Å². The number of carbonyl (C=O) groups excluding carboxylic acids is 1. The molecule has 1 amide bonds. The topological polar surface area (TPSA) is 58.4 Å². The highest BCUT2D eigenvalue weighted by Gasteiger charge is 2.29. The Kier molecular flexibility index (Phi) is 4.48.